The fraction of sp³-hybridized carbons (Fsp3) is 0.500. The molecule has 1 atom stereocenters. The van der Waals surface area contributed by atoms with Gasteiger partial charge in [0, 0.05) is 32.4 Å². The monoisotopic (exact) mass is 286 g/mol. The van der Waals surface area contributed by atoms with E-state index in [0.717, 1.165) is 36.9 Å². The van der Waals surface area contributed by atoms with Crippen molar-refractivity contribution in [3.05, 3.63) is 41.4 Å². The number of rotatable bonds is 4. The first kappa shape index (κ1) is 14.1. The predicted octanol–water partition coefficient (Wildman–Crippen LogP) is 2.80. The van der Waals surface area contributed by atoms with Crippen molar-refractivity contribution >= 4 is 5.82 Å². The Morgan fingerprint density at radius 1 is 1.43 bits per heavy atom. The highest BCUT2D eigenvalue weighted by atomic mass is 16.5. The Labute approximate surface area is 125 Å². The number of piperidine rings is 1. The molecule has 1 aliphatic heterocycles. The molecule has 1 N–H and O–H groups in total. The SMILES string of the molecule is CNc1cc(C2CCCN(Cc3cc(C)on3)C2)ccn1. The van der Waals surface area contributed by atoms with Crippen molar-refractivity contribution < 1.29 is 4.52 Å². The zero-order chi connectivity index (χ0) is 14.7. The van der Waals surface area contributed by atoms with E-state index in [9.17, 15) is 0 Å². The van der Waals surface area contributed by atoms with Crippen LogP contribution in [0.4, 0.5) is 5.82 Å². The van der Waals surface area contributed by atoms with Gasteiger partial charge in [0.1, 0.15) is 11.6 Å². The summed E-state index contributed by atoms with van der Waals surface area (Å²) < 4.78 is 5.15. The van der Waals surface area contributed by atoms with E-state index in [2.05, 4.69) is 32.5 Å². The Morgan fingerprint density at radius 3 is 3.10 bits per heavy atom. The second kappa shape index (κ2) is 6.26. The van der Waals surface area contributed by atoms with Gasteiger partial charge in [0.05, 0.1) is 5.69 Å². The van der Waals surface area contributed by atoms with E-state index in [1.807, 2.05) is 26.2 Å². The number of hydrogen-bond donors (Lipinski definition) is 1. The fourth-order valence-corrected chi connectivity index (χ4v) is 3.03. The van der Waals surface area contributed by atoms with Crippen LogP contribution in [0.1, 0.15) is 35.8 Å². The highest BCUT2D eigenvalue weighted by Gasteiger charge is 2.22. The summed E-state index contributed by atoms with van der Waals surface area (Å²) >= 11 is 0. The second-order valence-corrected chi connectivity index (χ2v) is 5.73. The summed E-state index contributed by atoms with van der Waals surface area (Å²) in [6.45, 7) is 5.01. The molecule has 0 aliphatic carbocycles. The number of hydrogen-bond acceptors (Lipinski definition) is 5. The van der Waals surface area contributed by atoms with Gasteiger partial charge < -0.3 is 9.84 Å². The van der Waals surface area contributed by atoms with Gasteiger partial charge in [0.2, 0.25) is 0 Å². The molecule has 0 aromatic carbocycles. The van der Waals surface area contributed by atoms with Gasteiger partial charge in [-0.25, -0.2) is 4.98 Å². The molecule has 3 rings (SSSR count). The first-order chi connectivity index (χ1) is 10.2. The quantitative estimate of drug-likeness (QED) is 0.936. The summed E-state index contributed by atoms with van der Waals surface area (Å²) in [5.74, 6) is 2.39. The van der Waals surface area contributed by atoms with Crippen molar-refractivity contribution in [3.8, 4) is 0 Å². The molecule has 1 unspecified atom stereocenters. The number of pyridine rings is 1. The van der Waals surface area contributed by atoms with E-state index in [4.69, 9.17) is 4.52 Å². The van der Waals surface area contributed by atoms with Gasteiger partial charge >= 0.3 is 0 Å². The van der Waals surface area contributed by atoms with Crippen molar-refractivity contribution in [3.63, 3.8) is 0 Å². The molecule has 0 radical (unpaired) electrons. The average Bonchev–Trinajstić information content (AvgIpc) is 2.93. The number of nitrogens with one attached hydrogen (secondary N) is 1. The second-order valence-electron chi connectivity index (χ2n) is 5.73. The van der Waals surface area contributed by atoms with Crippen molar-refractivity contribution in [2.75, 3.05) is 25.5 Å². The Bertz CT molecular complexity index is 595. The Balaban J connectivity index is 1.67. The molecule has 112 valence electrons. The zero-order valence-corrected chi connectivity index (χ0v) is 12.7. The van der Waals surface area contributed by atoms with Crippen LogP contribution in [0, 0.1) is 6.92 Å². The summed E-state index contributed by atoms with van der Waals surface area (Å²) in [4.78, 5) is 6.76. The highest BCUT2D eigenvalue weighted by molar-refractivity contribution is 5.38. The fourth-order valence-electron chi connectivity index (χ4n) is 3.03. The topological polar surface area (TPSA) is 54.2 Å². The molecule has 5 heteroatoms. The van der Waals surface area contributed by atoms with Crippen LogP contribution in [0.15, 0.2) is 28.9 Å². The van der Waals surface area contributed by atoms with Gasteiger partial charge in [-0.2, -0.15) is 0 Å². The lowest BCUT2D eigenvalue weighted by atomic mass is 9.91. The van der Waals surface area contributed by atoms with E-state index in [-0.39, 0.29) is 0 Å². The smallest absolute Gasteiger partial charge is 0.133 e. The number of aryl methyl sites for hydroxylation is 1. The standard InChI is InChI=1S/C16H22N4O/c1-12-8-15(19-21-12)11-20-7-3-4-14(10-20)13-5-6-18-16(9-13)17-2/h5-6,8-9,14H,3-4,7,10-11H2,1-2H3,(H,17,18). The zero-order valence-electron chi connectivity index (χ0n) is 12.7. The van der Waals surface area contributed by atoms with Gasteiger partial charge in [0.25, 0.3) is 0 Å². The lowest BCUT2D eigenvalue weighted by Gasteiger charge is -2.32. The molecule has 2 aromatic heterocycles. The third-order valence-electron chi connectivity index (χ3n) is 4.08. The van der Waals surface area contributed by atoms with Gasteiger partial charge in [-0.3, -0.25) is 4.90 Å². The van der Waals surface area contributed by atoms with Crippen molar-refractivity contribution in [1.82, 2.24) is 15.0 Å². The van der Waals surface area contributed by atoms with Crippen LogP contribution < -0.4 is 5.32 Å². The molecule has 1 saturated heterocycles. The molecule has 2 aromatic rings. The van der Waals surface area contributed by atoms with Crippen LogP contribution in [0.2, 0.25) is 0 Å². The maximum atomic E-state index is 5.15. The number of aromatic nitrogens is 2. The third kappa shape index (κ3) is 3.42. The van der Waals surface area contributed by atoms with Gasteiger partial charge in [-0.05, 0) is 49.9 Å². The molecule has 0 spiro atoms. The number of nitrogens with zero attached hydrogens (tertiary/aromatic N) is 3. The molecule has 3 heterocycles. The summed E-state index contributed by atoms with van der Waals surface area (Å²) in [6.07, 6.45) is 4.35. The minimum Gasteiger partial charge on any atom is -0.373 e. The molecule has 0 bridgehead atoms. The summed E-state index contributed by atoms with van der Waals surface area (Å²) in [5.41, 5.74) is 2.40. The van der Waals surface area contributed by atoms with Gasteiger partial charge in [-0.15, -0.1) is 0 Å². The maximum Gasteiger partial charge on any atom is 0.133 e. The average molecular weight is 286 g/mol. The first-order valence-electron chi connectivity index (χ1n) is 7.53. The maximum absolute atomic E-state index is 5.15. The predicted molar refractivity (Wildman–Crippen MR) is 82.3 cm³/mol. The van der Waals surface area contributed by atoms with E-state index in [1.165, 1.54) is 18.4 Å². The molecule has 21 heavy (non-hydrogen) atoms. The van der Waals surface area contributed by atoms with Crippen LogP contribution >= 0.6 is 0 Å². The molecule has 5 nitrogen and oxygen atoms in total. The van der Waals surface area contributed by atoms with E-state index in [0.29, 0.717) is 5.92 Å². The minimum absolute atomic E-state index is 0.571. The lowest BCUT2D eigenvalue weighted by Crippen LogP contribution is -2.34. The molecule has 0 amide bonds. The molecule has 1 fully saturated rings. The number of likely N-dealkylation sites (tertiary alicyclic amines) is 1. The van der Waals surface area contributed by atoms with Gasteiger partial charge in [0.15, 0.2) is 0 Å². The van der Waals surface area contributed by atoms with E-state index < -0.39 is 0 Å². The third-order valence-corrected chi connectivity index (χ3v) is 4.08. The summed E-state index contributed by atoms with van der Waals surface area (Å²) in [6, 6.07) is 6.32. The van der Waals surface area contributed by atoms with Crippen LogP contribution in [0.25, 0.3) is 0 Å². The first-order valence-corrected chi connectivity index (χ1v) is 7.53. The largest absolute Gasteiger partial charge is 0.373 e. The van der Waals surface area contributed by atoms with Crippen LogP contribution in [-0.2, 0) is 6.54 Å². The molecule has 0 saturated carbocycles. The van der Waals surface area contributed by atoms with Crippen molar-refractivity contribution in [2.45, 2.75) is 32.2 Å². The normalized spacial score (nSPS) is 19.6. The van der Waals surface area contributed by atoms with Crippen LogP contribution in [0.5, 0.6) is 0 Å². The van der Waals surface area contributed by atoms with E-state index >= 15 is 0 Å². The molecule has 1 aliphatic rings. The highest BCUT2D eigenvalue weighted by Crippen LogP contribution is 2.28. The Hall–Kier alpha value is -1.88. The van der Waals surface area contributed by atoms with Crippen LogP contribution in [-0.4, -0.2) is 35.2 Å². The van der Waals surface area contributed by atoms with Crippen molar-refractivity contribution in [2.24, 2.45) is 0 Å². The lowest BCUT2D eigenvalue weighted by molar-refractivity contribution is 0.195. The van der Waals surface area contributed by atoms with Crippen molar-refractivity contribution in [1.29, 1.82) is 0 Å². The minimum atomic E-state index is 0.571. The number of anilines is 1. The Morgan fingerprint density at radius 2 is 2.33 bits per heavy atom. The summed E-state index contributed by atoms with van der Waals surface area (Å²) in [5, 5.41) is 7.21. The molecular weight excluding hydrogens is 264 g/mol. The van der Waals surface area contributed by atoms with Gasteiger partial charge in [-0.1, -0.05) is 5.16 Å². The van der Waals surface area contributed by atoms with Crippen LogP contribution in [0.3, 0.4) is 0 Å². The van der Waals surface area contributed by atoms with E-state index in [1.54, 1.807) is 0 Å². The Kier molecular flexibility index (Phi) is 4.20. The molecular formula is C16H22N4O. The summed E-state index contributed by atoms with van der Waals surface area (Å²) in [7, 11) is 1.91.